The number of carbonyl (C=O) groups is 2. The van der Waals surface area contributed by atoms with Gasteiger partial charge in [-0.3, -0.25) is 9.59 Å². The highest BCUT2D eigenvalue weighted by molar-refractivity contribution is 9.10. The Hall–Kier alpha value is -3.32. The summed E-state index contributed by atoms with van der Waals surface area (Å²) in [7, 11) is 1.62. The first-order valence-corrected chi connectivity index (χ1v) is 13.8. The van der Waals surface area contributed by atoms with E-state index in [1.54, 1.807) is 12.0 Å². The summed E-state index contributed by atoms with van der Waals surface area (Å²) in [6.45, 7) is 4.75. The Morgan fingerprint density at radius 2 is 1.58 bits per heavy atom. The van der Waals surface area contributed by atoms with E-state index in [1.165, 1.54) is 0 Å². The second-order valence-electron chi connectivity index (χ2n) is 9.30. The van der Waals surface area contributed by atoms with Gasteiger partial charge in [0.25, 0.3) is 0 Å². The molecule has 3 aromatic carbocycles. The summed E-state index contributed by atoms with van der Waals surface area (Å²) >= 11 is 3.48. The van der Waals surface area contributed by atoms with Gasteiger partial charge in [-0.15, -0.1) is 0 Å². The SMILES string of the molecule is CCC(C)NC(=O)C(Cc1ccccc1)N(Cc1ccc(Br)cc1)C(=O)CCCOc1ccc(OC)cc1. The lowest BCUT2D eigenvalue weighted by Crippen LogP contribution is -2.52. The minimum Gasteiger partial charge on any atom is -0.497 e. The number of benzene rings is 3. The standard InChI is InChI=1S/C31H37BrN2O4/c1-4-23(2)33-31(36)29(21-24-9-6-5-7-10-24)34(22-25-12-14-26(32)15-13-25)30(35)11-8-20-38-28-18-16-27(37-3)17-19-28/h5-7,9-10,12-19,23,29H,4,8,11,20-22H2,1-3H3,(H,33,36). The summed E-state index contributed by atoms with van der Waals surface area (Å²) in [5, 5.41) is 3.10. The number of halogens is 1. The largest absolute Gasteiger partial charge is 0.497 e. The predicted octanol–water partition coefficient (Wildman–Crippen LogP) is 6.17. The van der Waals surface area contributed by atoms with Crippen LogP contribution in [0.15, 0.2) is 83.3 Å². The van der Waals surface area contributed by atoms with Gasteiger partial charge in [-0.2, -0.15) is 0 Å². The molecule has 0 aliphatic carbocycles. The molecule has 0 aliphatic rings. The van der Waals surface area contributed by atoms with Gasteiger partial charge < -0.3 is 19.7 Å². The average molecular weight is 582 g/mol. The highest BCUT2D eigenvalue weighted by Crippen LogP contribution is 2.20. The lowest BCUT2D eigenvalue weighted by molar-refractivity contribution is -0.141. The zero-order valence-electron chi connectivity index (χ0n) is 22.4. The van der Waals surface area contributed by atoms with Gasteiger partial charge in [-0.25, -0.2) is 0 Å². The van der Waals surface area contributed by atoms with Gasteiger partial charge >= 0.3 is 0 Å². The quantitative estimate of drug-likeness (QED) is 0.231. The van der Waals surface area contributed by atoms with E-state index in [0.717, 1.165) is 33.5 Å². The lowest BCUT2D eigenvalue weighted by atomic mass is 10.0. The summed E-state index contributed by atoms with van der Waals surface area (Å²) in [6, 6.07) is 24.4. The van der Waals surface area contributed by atoms with Gasteiger partial charge in [0, 0.05) is 29.9 Å². The van der Waals surface area contributed by atoms with E-state index in [1.807, 2.05) is 92.7 Å². The van der Waals surface area contributed by atoms with Crippen LogP contribution in [0.4, 0.5) is 0 Å². The van der Waals surface area contributed by atoms with Crippen molar-refractivity contribution in [1.29, 1.82) is 0 Å². The van der Waals surface area contributed by atoms with Crippen LogP contribution in [0.5, 0.6) is 11.5 Å². The number of carbonyl (C=O) groups excluding carboxylic acids is 2. The molecule has 0 saturated carbocycles. The van der Waals surface area contributed by atoms with Crippen molar-refractivity contribution in [2.75, 3.05) is 13.7 Å². The average Bonchev–Trinajstić information content (AvgIpc) is 2.94. The summed E-state index contributed by atoms with van der Waals surface area (Å²) in [4.78, 5) is 28.9. The van der Waals surface area contributed by atoms with Crippen LogP contribution >= 0.6 is 15.9 Å². The molecule has 0 spiro atoms. The van der Waals surface area contributed by atoms with Crippen molar-refractivity contribution < 1.29 is 19.1 Å². The number of nitrogens with zero attached hydrogens (tertiary/aromatic N) is 1. The fraction of sp³-hybridized carbons (Fsp3) is 0.355. The maximum absolute atomic E-state index is 13.7. The summed E-state index contributed by atoms with van der Waals surface area (Å²) in [5.41, 5.74) is 1.97. The Balaban J connectivity index is 1.77. The summed E-state index contributed by atoms with van der Waals surface area (Å²) in [6.07, 6.45) is 2.06. The minimum atomic E-state index is -0.634. The molecule has 1 N–H and O–H groups in total. The molecule has 6 nitrogen and oxygen atoms in total. The van der Waals surface area contributed by atoms with Gasteiger partial charge in [-0.05, 0) is 67.3 Å². The fourth-order valence-electron chi connectivity index (χ4n) is 4.01. The molecule has 0 heterocycles. The molecule has 0 saturated heterocycles. The van der Waals surface area contributed by atoms with E-state index in [9.17, 15) is 9.59 Å². The fourth-order valence-corrected chi connectivity index (χ4v) is 4.27. The number of rotatable bonds is 14. The Morgan fingerprint density at radius 1 is 0.921 bits per heavy atom. The van der Waals surface area contributed by atoms with Crippen LogP contribution in [0.1, 0.15) is 44.2 Å². The highest BCUT2D eigenvalue weighted by atomic mass is 79.9. The number of amides is 2. The molecule has 2 unspecified atom stereocenters. The van der Waals surface area contributed by atoms with Gasteiger partial charge in [0.2, 0.25) is 11.8 Å². The molecule has 2 amide bonds. The molecule has 7 heteroatoms. The molecular weight excluding hydrogens is 544 g/mol. The zero-order valence-corrected chi connectivity index (χ0v) is 23.9. The monoisotopic (exact) mass is 580 g/mol. The third-order valence-corrected chi connectivity index (χ3v) is 6.93. The first-order valence-electron chi connectivity index (χ1n) is 13.0. The van der Waals surface area contributed by atoms with Crippen molar-refractivity contribution >= 4 is 27.7 Å². The Morgan fingerprint density at radius 3 is 2.21 bits per heavy atom. The Labute approximate surface area is 234 Å². The third kappa shape index (κ3) is 9.21. The van der Waals surface area contributed by atoms with Crippen molar-refractivity contribution in [3.63, 3.8) is 0 Å². The molecule has 2 atom stereocenters. The van der Waals surface area contributed by atoms with E-state index >= 15 is 0 Å². The van der Waals surface area contributed by atoms with E-state index in [2.05, 4.69) is 21.2 Å². The number of methoxy groups -OCH3 is 1. The second-order valence-corrected chi connectivity index (χ2v) is 10.2. The highest BCUT2D eigenvalue weighted by Gasteiger charge is 2.30. The molecular formula is C31H37BrN2O4. The molecule has 0 radical (unpaired) electrons. The van der Waals surface area contributed by atoms with Crippen molar-refractivity contribution in [2.45, 2.75) is 58.2 Å². The summed E-state index contributed by atoms with van der Waals surface area (Å²) < 4.78 is 12.0. The van der Waals surface area contributed by atoms with E-state index < -0.39 is 6.04 Å². The molecule has 0 bridgehead atoms. The number of hydrogen-bond acceptors (Lipinski definition) is 4. The first kappa shape index (κ1) is 29.2. The van der Waals surface area contributed by atoms with Crippen molar-refractivity contribution in [3.8, 4) is 11.5 Å². The van der Waals surface area contributed by atoms with Crippen LogP contribution in [-0.2, 0) is 22.6 Å². The van der Waals surface area contributed by atoms with Crippen LogP contribution in [-0.4, -0.2) is 42.5 Å². The molecule has 3 rings (SSSR count). The van der Waals surface area contributed by atoms with Gasteiger partial charge in [0.1, 0.15) is 17.5 Å². The van der Waals surface area contributed by atoms with Crippen molar-refractivity contribution in [1.82, 2.24) is 10.2 Å². The van der Waals surface area contributed by atoms with Crippen LogP contribution in [0.25, 0.3) is 0 Å². The van der Waals surface area contributed by atoms with Crippen LogP contribution in [0, 0.1) is 0 Å². The number of hydrogen-bond donors (Lipinski definition) is 1. The molecule has 3 aromatic rings. The molecule has 38 heavy (non-hydrogen) atoms. The normalized spacial score (nSPS) is 12.3. The first-order chi connectivity index (χ1) is 18.4. The number of ether oxygens (including phenoxy) is 2. The van der Waals surface area contributed by atoms with Gasteiger partial charge in [0.15, 0.2) is 0 Å². The summed E-state index contributed by atoms with van der Waals surface area (Å²) in [5.74, 6) is 1.27. The molecule has 0 aliphatic heterocycles. The van der Waals surface area contributed by atoms with E-state index in [4.69, 9.17) is 9.47 Å². The topological polar surface area (TPSA) is 67.9 Å². The van der Waals surface area contributed by atoms with E-state index in [-0.39, 0.29) is 24.3 Å². The second kappa shape index (κ2) is 15.2. The molecule has 0 aromatic heterocycles. The van der Waals surface area contributed by atoms with Crippen molar-refractivity contribution in [2.24, 2.45) is 0 Å². The lowest BCUT2D eigenvalue weighted by Gasteiger charge is -2.32. The molecule has 202 valence electrons. The van der Waals surface area contributed by atoms with Gasteiger partial charge in [0.05, 0.1) is 13.7 Å². The van der Waals surface area contributed by atoms with Crippen molar-refractivity contribution in [3.05, 3.63) is 94.5 Å². The minimum absolute atomic E-state index is 0.0169. The van der Waals surface area contributed by atoms with Crippen LogP contribution in [0.2, 0.25) is 0 Å². The zero-order chi connectivity index (χ0) is 27.3. The maximum atomic E-state index is 13.7. The van der Waals surface area contributed by atoms with E-state index in [0.29, 0.717) is 26.0 Å². The Kier molecular flexibility index (Phi) is 11.7. The molecule has 0 fully saturated rings. The predicted molar refractivity (Wildman–Crippen MR) is 154 cm³/mol. The van der Waals surface area contributed by atoms with Crippen LogP contribution in [0.3, 0.4) is 0 Å². The third-order valence-electron chi connectivity index (χ3n) is 6.40. The number of nitrogens with one attached hydrogen (secondary N) is 1. The van der Waals surface area contributed by atoms with Gasteiger partial charge in [-0.1, -0.05) is 65.3 Å². The maximum Gasteiger partial charge on any atom is 0.243 e. The van der Waals surface area contributed by atoms with Crippen LogP contribution < -0.4 is 14.8 Å². The smallest absolute Gasteiger partial charge is 0.243 e. The Bertz CT molecular complexity index is 1140.